The van der Waals surface area contributed by atoms with Gasteiger partial charge in [0.15, 0.2) is 5.60 Å². The van der Waals surface area contributed by atoms with E-state index in [1.807, 2.05) is 78.5 Å². The number of benzene rings is 2. The van der Waals surface area contributed by atoms with Gasteiger partial charge in [0.2, 0.25) is 11.8 Å². The average Bonchev–Trinajstić information content (AvgIpc) is 3.28. The highest BCUT2D eigenvalue weighted by Gasteiger charge is 2.58. The number of likely N-dealkylation sites (N-methyl/N-ethyl adjacent to an activating group) is 2. The van der Waals surface area contributed by atoms with Crippen LogP contribution in [-0.2, 0) is 19.9 Å². The topological polar surface area (TPSA) is 100 Å². The minimum absolute atomic E-state index is 0.0785. The summed E-state index contributed by atoms with van der Waals surface area (Å²) in [6.45, 7) is 2.02. The number of carbonyl (C=O) groups excluding carboxylic acids is 3. The maximum Gasteiger partial charge on any atom is 0.339 e. The summed E-state index contributed by atoms with van der Waals surface area (Å²) < 4.78 is 12.9. The summed E-state index contributed by atoms with van der Waals surface area (Å²) in [7, 11) is 3.87. The van der Waals surface area contributed by atoms with Gasteiger partial charge in [0, 0.05) is 68.9 Å². The van der Waals surface area contributed by atoms with Gasteiger partial charge in [0.1, 0.15) is 23.6 Å². The molecule has 1 spiro atoms. The molecule has 5 rings (SSSR count). The van der Waals surface area contributed by atoms with Crippen molar-refractivity contribution in [2.45, 2.75) is 11.7 Å². The summed E-state index contributed by atoms with van der Waals surface area (Å²) in [5.41, 5.74) is 2.90. The number of alkyl halides is 2. The van der Waals surface area contributed by atoms with Crippen molar-refractivity contribution < 1.29 is 23.9 Å². The third kappa shape index (κ3) is 5.48. The molecular formula is C30H32Cl2N4O5. The first kappa shape index (κ1) is 28.8. The molecule has 2 aromatic carbocycles. The highest BCUT2D eigenvalue weighted by atomic mass is 35.5. The van der Waals surface area contributed by atoms with Crippen LogP contribution in [-0.4, -0.2) is 80.8 Å². The lowest BCUT2D eigenvalue weighted by Gasteiger charge is -2.45. The first-order valence-corrected chi connectivity index (χ1v) is 14.5. The Bertz CT molecular complexity index is 1410. The van der Waals surface area contributed by atoms with Crippen LogP contribution in [0.2, 0.25) is 0 Å². The zero-order chi connectivity index (χ0) is 29.1. The SMILES string of the molecule is CN(CCNC(=O)CCl)C1=C[C@@H]2Oc3cc(N(C)CCNC(=O)CCl)ccc3[C@@]3(OC(=O)c4ccccc43)[C@H]2C=C1. The van der Waals surface area contributed by atoms with Gasteiger partial charge >= 0.3 is 5.97 Å². The molecule has 2 amide bonds. The number of amides is 2. The van der Waals surface area contributed by atoms with Gasteiger partial charge in [0.05, 0.1) is 11.5 Å². The van der Waals surface area contributed by atoms with Gasteiger partial charge in [-0.3, -0.25) is 9.59 Å². The quantitative estimate of drug-likeness (QED) is 0.320. The molecule has 9 nitrogen and oxygen atoms in total. The van der Waals surface area contributed by atoms with E-state index in [1.165, 1.54) is 0 Å². The normalized spacial score (nSPS) is 21.6. The fourth-order valence-corrected chi connectivity index (χ4v) is 5.80. The second-order valence-electron chi connectivity index (χ2n) is 10.2. The summed E-state index contributed by atoms with van der Waals surface area (Å²) in [4.78, 5) is 40.3. The molecule has 0 aromatic heterocycles. The molecule has 3 aliphatic rings. The van der Waals surface area contributed by atoms with E-state index < -0.39 is 11.7 Å². The van der Waals surface area contributed by atoms with Gasteiger partial charge in [-0.25, -0.2) is 4.79 Å². The predicted octanol–water partition coefficient (Wildman–Crippen LogP) is 3.01. The fraction of sp³-hybridized carbons (Fsp3) is 0.367. The third-order valence-corrected chi connectivity index (χ3v) is 8.21. The smallest absolute Gasteiger partial charge is 0.339 e. The summed E-state index contributed by atoms with van der Waals surface area (Å²) in [6.07, 6.45) is 5.66. The first-order valence-electron chi connectivity index (χ1n) is 13.4. The number of rotatable bonds is 10. The number of carbonyl (C=O) groups is 3. The van der Waals surface area contributed by atoms with Crippen molar-refractivity contribution in [3.05, 3.63) is 83.1 Å². The number of halogens is 2. The zero-order valence-electron chi connectivity index (χ0n) is 22.9. The van der Waals surface area contributed by atoms with Gasteiger partial charge in [-0.15, -0.1) is 23.2 Å². The zero-order valence-corrected chi connectivity index (χ0v) is 24.4. The number of nitrogens with zero attached hydrogens (tertiary/aromatic N) is 2. The van der Waals surface area contributed by atoms with Crippen molar-refractivity contribution >= 4 is 46.7 Å². The van der Waals surface area contributed by atoms with E-state index in [0.717, 1.165) is 22.5 Å². The van der Waals surface area contributed by atoms with Gasteiger partial charge in [0.25, 0.3) is 0 Å². The number of esters is 1. The number of allylic oxidation sites excluding steroid dienone is 1. The van der Waals surface area contributed by atoms with Crippen molar-refractivity contribution in [1.29, 1.82) is 0 Å². The monoisotopic (exact) mass is 598 g/mol. The lowest BCUT2D eigenvalue weighted by atomic mass is 9.70. The molecular weight excluding hydrogens is 567 g/mol. The van der Waals surface area contributed by atoms with Crippen LogP contribution >= 0.6 is 23.2 Å². The van der Waals surface area contributed by atoms with Crippen molar-refractivity contribution in [3.63, 3.8) is 0 Å². The molecule has 11 heteroatoms. The lowest BCUT2D eigenvalue weighted by Crippen LogP contribution is -2.49. The molecule has 2 N–H and O–H groups in total. The van der Waals surface area contributed by atoms with E-state index in [9.17, 15) is 14.4 Å². The largest absolute Gasteiger partial charge is 0.485 e. The Kier molecular flexibility index (Phi) is 8.47. The van der Waals surface area contributed by atoms with Crippen LogP contribution in [0.1, 0.15) is 21.5 Å². The Hall–Kier alpha value is -3.69. The number of ether oxygens (including phenoxy) is 2. The molecule has 0 unspecified atom stereocenters. The number of hydrogen-bond acceptors (Lipinski definition) is 7. The number of fused-ring (bicyclic) bond motifs is 6. The highest BCUT2D eigenvalue weighted by molar-refractivity contribution is 6.27. The second-order valence-corrected chi connectivity index (χ2v) is 10.8. The maximum atomic E-state index is 13.2. The van der Waals surface area contributed by atoms with Crippen LogP contribution in [0.5, 0.6) is 5.75 Å². The van der Waals surface area contributed by atoms with E-state index in [2.05, 4.69) is 10.6 Å². The van der Waals surface area contributed by atoms with Crippen molar-refractivity contribution in [2.75, 3.05) is 56.9 Å². The molecule has 0 bridgehead atoms. The first-order chi connectivity index (χ1) is 19.8. The Morgan fingerprint density at radius 2 is 1.63 bits per heavy atom. The minimum Gasteiger partial charge on any atom is -0.485 e. The Morgan fingerprint density at radius 1 is 0.951 bits per heavy atom. The maximum absolute atomic E-state index is 13.2. The van der Waals surface area contributed by atoms with Crippen LogP contribution in [0.3, 0.4) is 0 Å². The summed E-state index contributed by atoms with van der Waals surface area (Å²) in [5.74, 6) is -0.640. The second kappa shape index (κ2) is 12.0. The van der Waals surface area contributed by atoms with Gasteiger partial charge in [-0.2, -0.15) is 0 Å². The molecule has 0 fully saturated rings. The molecule has 2 heterocycles. The van der Waals surface area contributed by atoms with E-state index in [1.54, 1.807) is 6.07 Å². The molecule has 2 aliphatic heterocycles. The van der Waals surface area contributed by atoms with Gasteiger partial charge < -0.3 is 29.9 Å². The standard InChI is InChI=1S/C30H32Cl2N4O5/c1-35(13-11-33-27(37)17-31)19-7-9-23-25(15-19)40-26-16-20(36(2)14-12-34-28(38)18-32)8-10-24(26)30(23)22-6-4-3-5-21(22)29(39)41-30/h3-10,15-16,23,25H,11-14,17-18H2,1-2H3,(H,33,37)(H,34,38)/t23-,25-,30-/m0/s1. The molecule has 0 radical (unpaired) electrons. The van der Waals surface area contributed by atoms with Crippen molar-refractivity contribution in [1.82, 2.24) is 15.5 Å². The van der Waals surface area contributed by atoms with Gasteiger partial charge in [-0.1, -0.05) is 24.3 Å². The summed E-state index contributed by atoms with van der Waals surface area (Å²) in [6, 6.07) is 13.4. The van der Waals surface area contributed by atoms with E-state index in [0.29, 0.717) is 37.5 Å². The van der Waals surface area contributed by atoms with Crippen LogP contribution < -0.4 is 20.3 Å². The van der Waals surface area contributed by atoms with E-state index in [4.69, 9.17) is 32.7 Å². The van der Waals surface area contributed by atoms with Gasteiger partial charge in [-0.05, 0) is 30.4 Å². The average molecular weight is 600 g/mol. The summed E-state index contributed by atoms with van der Waals surface area (Å²) >= 11 is 11.2. The van der Waals surface area contributed by atoms with Crippen molar-refractivity contribution in [3.8, 4) is 5.75 Å². The Labute approximate surface area is 249 Å². The minimum atomic E-state index is -1.05. The van der Waals surface area contributed by atoms with E-state index in [-0.39, 0.29) is 35.5 Å². The number of hydrogen-bond donors (Lipinski definition) is 2. The van der Waals surface area contributed by atoms with Crippen molar-refractivity contribution in [2.24, 2.45) is 5.92 Å². The molecule has 216 valence electrons. The third-order valence-electron chi connectivity index (χ3n) is 7.72. The van der Waals surface area contributed by atoms with Crippen LogP contribution in [0, 0.1) is 5.92 Å². The Balaban J connectivity index is 1.48. The molecule has 3 atom stereocenters. The summed E-state index contributed by atoms with van der Waals surface area (Å²) in [5, 5.41) is 5.56. The lowest BCUT2D eigenvalue weighted by molar-refractivity contribution is -0.119. The Morgan fingerprint density at radius 3 is 2.34 bits per heavy atom. The number of anilines is 1. The van der Waals surface area contributed by atoms with E-state index >= 15 is 0 Å². The fourth-order valence-electron chi connectivity index (χ4n) is 5.61. The molecule has 2 aromatic rings. The number of nitrogens with one attached hydrogen (secondary N) is 2. The van der Waals surface area contributed by atoms with Crippen LogP contribution in [0.4, 0.5) is 5.69 Å². The molecule has 0 saturated carbocycles. The van der Waals surface area contributed by atoms with Crippen LogP contribution in [0.25, 0.3) is 0 Å². The molecule has 1 aliphatic carbocycles. The molecule has 41 heavy (non-hydrogen) atoms. The molecule has 0 saturated heterocycles. The highest BCUT2D eigenvalue weighted by Crippen LogP contribution is 2.56. The predicted molar refractivity (Wildman–Crippen MR) is 158 cm³/mol. The van der Waals surface area contributed by atoms with Crippen LogP contribution in [0.15, 0.2) is 66.4 Å².